The largest absolute Gasteiger partial charge is 0.461 e. The lowest BCUT2D eigenvalue weighted by molar-refractivity contribution is -0.152. The average Bonchev–Trinajstić information content (AvgIpc) is 2.95. The van der Waals surface area contributed by atoms with Crippen LogP contribution in [0, 0.1) is 5.92 Å². The molecule has 0 amide bonds. The van der Waals surface area contributed by atoms with E-state index in [0.29, 0.717) is 18.4 Å². The molecule has 1 aromatic rings. The van der Waals surface area contributed by atoms with E-state index in [0.717, 1.165) is 18.4 Å². The highest BCUT2D eigenvalue weighted by atomic mass is 79.9. The highest BCUT2D eigenvalue weighted by Gasteiger charge is 2.42. The molecule has 4 atom stereocenters. The van der Waals surface area contributed by atoms with E-state index in [1.165, 1.54) is 0 Å². The van der Waals surface area contributed by atoms with E-state index < -0.39 is 0 Å². The number of carbonyl (C=O) groups is 1. The molecule has 1 aromatic carbocycles. The first kappa shape index (κ1) is 15.0. The number of carbonyl (C=O) groups excluding carboxylic acids is 1. The third-order valence-electron chi connectivity index (χ3n) is 4.07. The van der Waals surface area contributed by atoms with Crippen molar-refractivity contribution in [2.24, 2.45) is 5.92 Å². The van der Waals surface area contributed by atoms with Gasteiger partial charge in [-0.2, -0.15) is 0 Å². The van der Waals surface area contributed by atoms with Gasteiger partial charge in [0.2, 0.25) is 0 Å². The Balaban J connectivity index is 1.50. The van der Waals surface area contributed by atoms with Crippen LogP contribution in [-0.4, -0.2) is 29.8 Å². The predicted octanol–water partition coefficient (Wildman–Crippen LogP) is 3.03. The lowest BCUT2D eigenvalue weighted by Crippen LogP contribution is -2.35. The van der Waals surface area contributed by atoms with Crippen molar-refractivity contribution < 1.29 is 19.0 Å². The van der Waals surface area contributed by atoms with Gasteiger partial charge in [-0.1, -0.05) is 46.3 Å². The van der Waals surface area contributed by atoms with Crippen LogP contribution < -0.4 is 0 Å². The number of hydrogen-bond donors (Lipinski definition) is 0. The van der Waals surface area contributed by atoms with Crippen LogP contribution in [0.2, 0.25) is 0 Å². The number of benzene rings is 1. The van der Waals surface area contributed by atoms with Crippen LogP contribution in [-0.2, 0) is 25.6 Å². The van der Waals surface area contributed by atoms with E-state index in [1.54, 1.807) is 0 Å². The molecule has 21 heavy (non-hydrogen) atoms. The van der Waals surface area contributed by atoms with E-state index in [1.807, 2.05) is 30.3 Å². The molecule has 3 rings (SSSR count). The van der Waals surface area contributed by atoms with Crippen LogP contribution in [0.1, 0.15) is 24.8 Å². The first-order valence-electron chi connectivity index (χ1n) is 7.33. The molecule has 0 aromatic heterocycles. The van der Waals surface area contributed by atoms with Crippen molar-refractivity contribution in [1.82, 2.24) is 0 Å². The molecule has 4 nitrogen and oxygen atoms in total. The second kappa shape index (κ2) is 6.90. The van der Waals surface area contributed by atoms with Gasteiger partial charge in [-0.05, 0) is 24.8 Å². The van der Waals surface area contributed by atoms with E-state index in [4.69, 9.17) is 14.2 Å². The highest BCUT2D eigenvalue weighted by Crippen LogP contribution is 2.35. The SMILES string of the molecule is O=C(OCc1ccccc1)C1CCC2OC(CBr)OC2C1. The van der Waals surface area contributed by atoms with E-state index >= 15 is 0 Å². The Morgan fingerprint density at radius 1 is 1.19 bits per heavy atom. The minimum absolute atomic E-state index is 0.0237. The van der Waals surface area contributed by atoms with Gasteiger partial charge >= 0.3 is 5.97 Å². The zero-order valence-corrected chi connectivity index (χ0v) is 13.3. The quantitative estimate of drug-likeness (QED) is 0.615. The molecule has 0 N–H and O–H groups in total. The first-order chi connectivity index (χ1) is 10.3. The number of hydrogen-bond acceptors (Lipinski definition) is 4. The summed E-state index contributed by atoms with van der Waals surface area (Å²) >= 11 is 3.36. The molecular weight excluding hydrogens is 336 g/mol. The Morgan fingerprint density at radius 2 is 1.95 bits per heavy atom. The molecule has 0 radical (unpaired) electrons. The molecule has 4 unspecified atom stereocenters. The Labute approximate surface area is 132 Å². The third-order valence-corrected chi connectivity index (χ3v) is 4.60. The van der Waals surface area contributed by atoms with Crippen LogP contribution in [0.4, 0.5) is 0 Å². The molecule has 1 heterocycles. The Kier molecular flexibility index (Phi) is 4.93. The summed E-state index contributed by atoms with van der Waals surface area (Å²) in [5, 5.41) is 0.670. The number of rotatable bonds is 4. The molecule has 114 valence electrons. The summed E-state index contributed by atoms with van der Waals surface area (Å²) in [5.74, 6) is -0.198. The summed E-state index contributed by atoms with van der Waals surface area (Å²) in [6.07, 6.45) is 2.34. The highest BCUT2D eigenvalue weighted by molar-refractivity contribution is 9.09. The van der Waals surface area contributed by atoms with Crippen molar-refractivity contribution in [3.63, 3.8) is 0 Å². The monoisotopic (exact) mass is 354 g/mol. The molecule has 1 aliphatic heterocycles. The van der Waals surface area contributed by atoms with Gasteiger partial charge in [-0.15, -0.1) is 0 Å². The smallest absolute Gasteiger partial charge is 0.309 e. The van der Waals surface area contributed by atoms with Gasteiger partial charge in [0.05, 0.1) is 23.5 Å². The number of alkyl halides is 1. The fraction of sp³-hybridized carbons (Fsp3) is 0.562. The molecule has 1 aliphatic carbocycles. The van der Waals surface area contributed by atoms with Gasteiger partial charge in [0, 0.05) is 0 Å². The zero-order valence-electron chi connectivity index (χ0n) is 11.7. The third kappa shape index (κ3) is 3.65. The maximum Gasteiger partial charge on any atom is 0.309 e. The van der Waals surface area contributed by atoms with E-state index in [-0.39, 0.29) is 30.4 Å². The molecule has 2 fully saturated rings. The summed E-state index contributed by atoms with van der Waals surface area (Å²) in [5.41, 5.74) is 1.01. The molecular formula is C16H19BrO4. The summed E-state index contributed by atoms with van der Waals surface area (Å²) in [6.45, 7) is 0.339. The van der Waals surface area contributed by atoms with Crippen LogP contribution >= 0.6 is 15.9 Å². The van der Waals surface area contributed by atoms with Crippen molar-refractivity contribution in [2.75, 3.05) is 5.33 Å². The molecule has 1 saturated heterocycles. The first-order valence-corrected chi connectivity index (χ1v) is 8.46. The maximum absolute atomic E-state index is 12.2. The van der Waals surface area contributed by atoms with Gasteiger partial charge in [0.15, 0.2) is 6.29 Å². The van der Waals surface area contributed by atoms with Gasteiger partial charge in [0.1, 0.15) is 6.61 Å². The van der Waals surface area contributed by atoms with Gasteiger partial charge in [-0.25, -0.2) is 0 Å². The molecule has 0 bridgehead atoms. The lowest BCUT2D eigenvalue weighted by atomic mass is 9.85. The summed E-state index contributed by atoms with van der Waals surface area (Å²) in [7, 11) is 0. The van der Waals surface area contributed by atoms with E-state index in [2.05, 4.69) is 15.9 Å². The lowest BCUT2D eigenvalue weighted by Gasteiger charge is -2.27. The van der Waals surface area contributed by atoms with Crippen molar-refractivity contribution in [2.45, 2.75) is 44.4 Å². The second-order valence-electron chi connectivity index (χ2n) is 5.54. The molecule has 1 saturated carbocycles. The number of fused-ring (bicyclic) bond motifs is 1. The van der Waals surface area contributed by atoms with Crippen molar-refractivity contribution in [1.29, 1.82) is 0 Å². The van der Waals surface area contributed by atoms with Gasteiger partial charge < -0.3 is 14.2 Å². The minimum Gasteiger partial charge on any atom is -0.461 e. The van der Waals surface area contributed by atoms with Crippen LogP contribution in [0.15, 0.2) is 30.3 Å². The van der Waals surface area contributed by atoms with Crippen molar-refractivity contribution >= 4 is 21.9 Å². The van der Waals surface area contributed by atoms with Gasteiger partial charge in [-0.3, -0.25) is 4.79 Å². The van der Waals surface area contributed by atoms with Crippen LogP contribution in [0.3, 0.4) is 0 Å². The number of ether oxygens (including phenoxy) is 3. The fourth-order valence-electron chi connectivity index (χ4n) is 2.96. The Morgan fingerprint density at radius 3 is 2.71 bits per heavy atom. The van der Waals surface area contributed by atoms with Crippen LogP contribution in [0.5, 0.6) is 0 Å². The Bertz CT molecular complexity index is 478. The summed E-state index contributed by atoms with van der Waals surface area (Å²) in [6, 6.07) is 9.75. The fourth-order valence-corrected chi connectivity index (χ4v) is 3.26. The average molecular weight is 355 g/mol. The number of halogens is 1. The predicted molar refractivity (Wildman–Crippen MR) is 80.9 cm³/mol. The molecule has 2 aliphatic rings. The maximum atomic E-state index is 12.2. The zero-order chi connectivity index (χ0) is 14.7. The van der Waals surface area contributed by atoms with Gasteiger partial charge in [0.25, 0.3) is 0 Å². The number of esters is 1. The van der Waals surface area contributed by atoms with E-state index in [9.17, 15) is 4.79 Å². The van der Waals surface area contributed by atoms with Crippen LogP contribution in [0.25, 0.3) is 0 Å². The topological polar surface area (TPSA) is 44.8 Å². The minimum atomic E-state index is -0.181. The van der Waals surface area contributed by atoms with Crippen molar-refractivity contribution in [3.05, 3.63) is 35.9 Å². The Hall–Kier alpha value is -0.910. The van der Waals surface area contributed by atoms with Crippen molar-refractivity contribution in [3.8, 4) is 0 Å². The summed E-state index contributed by atoms with van der Waals surface area (Å²) < 4.78 is 17.0. The molecule has 5 heteroatoms. The standard InChI is InChI=1S/C16H19BrO4/c17-9-15-20-13-7-6-12(8-14(13)21-15)16(18)19-10-11-4-2-1-3-5-11/h1-5,12-15H,6-10H2. The normalized spacial score (nSPS) is 31.7. The summed E-state index contributed by atoms with van der Waals surface area (Å²) in [4.78, 5) is 12.2. The molecule has 0 spiro atoms. The second-order valence-corrected chi connectivity index (χ2v) is 6.18.